The van der Waals surface area contributed by atoms with E-state index in [1.807, 2.05) is 29.2 Å². The Morgan fingerprint density at radius 1 is 1.22 bits per heavy atom. The Morgan fingerprint density at radius 2 is 2.04 bits per heavy atom. The third-order valence-corrected chi connectivity index (χ3v) is 5.40. The first-order valence-corrected chi connectivity index (χ1v) is 8.48. The highest BCUT2D eigenvalue weighted by molar-refractivity contribution is 5.77. The lowest BCUT2D eigenvalue weighted by molar-refractivity contribution is -0.141. The van der Waals surface area contributed by atoms with Crippen LogP contribution in [0.25, 0.3) is 0 Å². The zero-order chi connectivity index (χ0) is 15.8. The molecule has 1 aromatic carbocycles. The van der Waals surface area contributed by atoms with E-state index in [1.165, 1.54) is 12.8 Å². The number of allylic oxidation sites excluding steroid dienone is 2. The first-order valence-electron chi connectivity index (χ1n) is 8.48. The van der Waals surface area contributed by atoms with Gasteiger partial charge in [0.15, 0.2) is 0 Å². The topological polar surface area (TPSA) is 38.8 Å². The average molecular weight is 313 g/mol. The number of carbonyl (C=O) groups is 1. The number of methoxy groups -OCH3 is 1. The van der Waals surface area contributed by atoms with Crippen molar-refractivity contribution in [2.24, 2.45) is 17.8 Å². The number of hydrogen-bond donors (Lipinski definition) is 0. The molecule has 1 saturated carbocycles. The van der Waals surface area contributed by atoms with E-state index in [4.69, 9.17) is 9.47 Å². The second-order valence-electron chi connectivity index (χ2n) is 6.96. The number of likely N-dealkylation sites (tertiary alicyclic amines) is 1. The Morgan fingerprint density at radius 3 is 2.74 bits per heavy atom. The molecule has 0 radical (unpaired) electrons. The van der Waals surface area contributed by atoms with E-state index < -0.39 is 0 Å². The number of rotatable bonds is 5. The molecule has 2 fully saturated rings. The van der Waals surface area contributed by atoms with Crippen molar-refractivity contribution in [1.29, 1.82) is 0 Å². The smallest absolute Gasteiger partial charge is 0.223 e. The number of carbonyl (C=O) groups excluding carboxylic acids is 1. The molecule has 4 nitrogen and oxygen atoms in total. The highest BCUT2D eigenvalue weighted by atomic mass is 16.5. The predicted molar refractivity (Wildman–Crippen MR) is 87.5 cm³/mol. The van der Waals surface area contributed by atoms with Crippen LogP contribution in [0, 0.1) is 17.8 Å². The van der Waals surface area contributed by atoms with Crippen molar-refractivity contribution in [3.63, 3.8) is 0 Å². The number of nitrogens with zero attached hydrogens (tertiary/aromatic N) is 1. The number of fused-ring (bicyclic) bond motifs is 2. The standard InChI is InChI=1S/C19H23NO3/c1-22-16-3-2-4-17(10-16)23-18-11-20(12-18)19(21)9-15-8-13-5-6-14(15)7-13/h2-6,10,13-15,18H,7-9,11-12H2,1H3/t13-,14+,15+/m1/s1. The van der Waals surface area contributed by atoms with E-state index >= 15 is 0 Å². The van der Waals surface area contributed by atoms with Crippen LogP contribution in [0.15, 0.2) is 36.4 Å². The number of benzene rings is 1. The molecular formula is C19H23NO3. The lowest BCUT2D eigenvalue weighted by Gasteiger charge is -2.39. The Bertz CT molecular complexity index is 621. The van der Waals surface area contributed by atoms with Crippen molar-refractivity contribution >= 4 is 5.91 Å². The van der Waals surface area contributed by atoms with Crippen LogP contribution in [-0.2, 0) is 4.79 Å². The lowest BCUT2D eigenvalue weighted by atomic mass is 9.89. The largest absolute Gasteiger partial charge is 0.497 e. The molecule has 23 heavy (non-hydrogen) atoms. The third-order valence-electron chi connectivity index (χ3n) is 5.40. The fourth-order valence-electron chi connectivity index (χ4n) is 4.07. The fourth-order valence-corrected chi connectivity index (χ4v) is 4.07. The monoisotopic (exact) mass is 313 g/mol. The second-order valence-corrected chi connectivity index (χ2v) is 6.96. The molecule has 4 rings (SSSR count). The number of hydrogen-bond acceptors (Lipinski definition) is 3. The van der Waals surface area contributed by atoms with Gasteiger partial charge in [0, 0.05) is 12.5 Å². The van der Waals surface area contributed by atoms with Gasteiger partial charge in [0.1, 0.15) is 17.6 Å². The van der Waals surface area contributed by atoms with Gasteiger partial charge in [-0.15, -0.1) is 0 Å². The summed E-state index contributed by atoms with van der Waals surface area (Å²) in [6.45, 7) is 1.40. The van der Waals surface area contributed by atoms with Gasteiger partial charge in [-0.3, -0.25) is 4.79 Å². The quantitative estimate of drug-likeness (QED) is 0.785. The minimum absolute atomic E-state index is 0.103. The van der Waals surface area contributed by atoms with E-state index in [0.717, 1.165) is 17.4 Å². The molecule has 1 aromatic rings. The van der Waals surface area contributed by atoms with Gasteiger partial charge >= 0.3 is 0 Å². The van der Waals surface area contributed by atoms with Crippen LogP contribution in [0.1, 0.15) is 19.3 Å². The van der Waals surface area contributed by atoms with Gasteiger partial charge in [-0.25, -0.2) is 0 Å². The number of amides is 1. The van der Waals surface area contributed by atoms with Crippen LogP contribution in [-0.4, -0.2) is 37.1 Å². The Balaban J connectivity index is 1.24. The van der Waals surface area contributed by atoms with Crippen molar-refractivity contribution in [1.82, 2.24) is 4.90 Å². The lowest BCUT2D eigenvalue weighted by Crippen LogP contribution is -2.56. The molecule has 1 aliphatic heterocycles. The van der Waals surface area contributed by atoms with Crippen molar-refractivity contribution in [2.45, 2.75) is 25.4 Å². The fraction of sp³-hybridized carbons (Fsp3) is 0.526. The molecule has 122 valence electrons. The van der Waals surface area contributed by atoms with Crippen LogP contribution in [0.2, 0.25) is 0 Å². The van der Waals surface area contributed by atoms with Gasteiger partial charge in [-0.05, 0) is 42.7 Å². The van der Waals surface area contributed by atoms with E-state index in [0.29, 0.717) is 37.3 Å². The summed E-state index contributed by atoms with van der Waals surface area (Å²) in [5, 5.41) is 0. The van der Waals surface area contributed by atoms with Gasteiger partial charge in [0.05, 0.1) is 20.2 Å². The van der Waals surface area contributed by atoms with Gasteiger partial charge in [0.25, 0.3) is 0 Å². The molecule has 0 aromatic heterocycles. The van der Waals surface area contributed by atoms with Crippen molar-refractivity contribution in [2.75, 3.05) is 20.2 Å². The molecule has 0 unspecified atom stereocenters. The SMILES string of the molecule is COc1cccc(OC2CN(C(=O)C[C@@H]3C[C@@H]4C=C[C@H]3C4)C2)c1. The second kappa shape index (κ2) is 5.91. The molecular weight excluding hydrogens is 290 g/mol. The summed E-state index contributed by atoms with van der Waals surface area (Å²) >= 11 is 0. The van der Waals surface area contributed by atoms with E-state index in [2.05, 4.69) is 12.2 Å². The predicted octanol–water partition coefficient (Wildman–Crippen LogP) is 2.89. The maximum atomic E-state index is 12.4. The van der Waals surface area contributed by atoms with E-state index in [1.54, 1.807) is 7.11 Å². The molecule has 3 atom stereocenters. The maximum absolute atomic E-state index is 12.4. The Hall–Kier alpha value is -1.97. The van der Waals surface area contributed by atoms with Crippen molar-refractivity contribution < 1.29 is 14.3 Å². The summed E-state index contributed by atoms with van der Waals surface area (Å²) in [5.74, 6) is 3.84. The third kappa shape index (κ3) is 2.94. The highest BCUT2D eigenvalue weighted by Crippen LogP contribution is 2.45. The summed E-state index contributed by atoms with van der Waals surface area (Å²) in [7, 11) is 1.65. The van der Waals surface area contributed by atoms with E-state index in [9.17, 15) is 4.79 Å². The average Bonchev–Trinajstić information content (AvgIpc) is 3.13. The molecule has 4 heteroatoms. The summed E-state index contributed by atoms with van der Waals surface area (Å²) < 4.78 is 11.1. The van der Waals surface area contributed by atoms with Crippen molar-refractivity contribution in [3.8, 4) is 11.5 Å². The summed E-state index contributed by atoms with van der Waals surface area (Å²) in [5.41, 5.74) is 0. The molecule has 1 saturated heterocycles. The zero-order valence-corrected chi connectivity index (χ0v) is 13.5. The van der Waals surface area contributed by atoms with E-state index in [-0.39, 0.29) is 6.10 Å². The molecule has 1 amide bonds. The van der Waals surface area contributed by atoms with Gasteiger partial charge in [-0.1, -0.05) is 18.2 Å². The zero-order valence-electron chi connectivity index (χ0n) is 13.5. The molecule has 2 bridgehead atoms. The highest BCUT2D eigenvalue weighted by Gasteiger charge is 2.39. The minimum atomic E-state index is 0.103. The van der Waals surface area contributed by atoms with Gasteiger partial charge < -0.3 is 14.4 Å². The van der Waals surface area contributed by atoms with Crippen LogP contribution < -0.4 is 9.47 Å². The van der Waals surface area contributed by atoms with Crippen LogP contribution in [0.3, 0.4) is 0 Å². The van der Waals surface area contributed by atoms with Crippen LogP contribution in [0.5, 0.6) is 11.5 Å². The summed E-state index contributed by atoms with van der Waals surface area (Å²) in [6.07, 6.45) is 7.91. The minimum Gasteiger partial charge on any atom is -0.497 e. The normalized spacial score (nSPS) is 28.7. The molecule has 0 N–H and O–H groups in total. The molecule has 3 aliphatic rings. The Kier molecular flexibility index (Phi) is 3.76. The molecule has 1 heterocycles. The first-order chi connectivity index (χ1) is 11.2. The summed E-state index contributed by atoms with van der Waals surface area (Å²) in [4.78, 5) is 14.3. The summed E-state index contributed by atoms with van der Waals surface area (Å²) in [6, 6.07) is 7.62. The molecule has 0 spiro atoms. The molecule has 2 aliphatic carbocycles. The Labute approximate surface area is 137 Å². The maximum Gasteiger partial charge on any atom is 0.223 e. The van der Waals surface area contributed by atoms with Gasteiger partial charge in [-0.2, -0.15) is 0 Å². The van der Waals surface area contributed by atoms with Crippen LogP contribution >= 0.6 is 0 Å². The first kappa shape index (κ1) is 14.6. The number of ether oxygens (including phenoxy) is 2. The van der Waals surface area contributed by atoms with Crippen LogP contribution in [0.4, 0.5) is 0 Å². The van der Waals surface area contributed by atoms with Gasteiger partial charge in [0.2, 0.25) is 5.91 Å². The van der Waals surface area contributed by atoms with Crippen molar-refractivity contribution in [3.05, 3.63) is 36.4 Å².